The number of rotatable bonds is 3. The average molecular weight is 262 g/mol. The Balaban J connectivity index is 2.45. The second-order valence-electron chi connectivity index (χ2n) is 4.55. The van der Waals surface area contributed by atoms with E-state index in [9.17, 15) is 9.59 Å². The third kappa shape index (κ3) is 2.47. The summed E-state index contributed by atoms with van der Waals surface area (Å²) in [6.45, 7) is 3.14. The van der Waals surface area contributed by atoms with Gasteiger partial charge in [0, 0.05) is 18.8 Å². The number of hydrogen-bond donors (Lipinski definition) is 3. The quantitative estimate of drug-likeness (QED) is 0.671. The molecule has 102 valence electrons. The molecule has 1 atom stereocenters. The molecular formula is C13H18N4O2. The van der Waals surface area contributed by atoms with Crippen molar-refractivity contribution in [3.8, 4) is 0 Å². The molecule has 1 aromatic carbocycles. The maximum absolute atomic E-state index is 11.9. The van der Waals surface area contributed by atoms with E-state index >= 15 is 0 Å². The third-order valence-corrected chi connectivity index (χ3v) is 3.31. The zero-order valence-corrected chi connectivity index (χ0v) is 10.8. The minimum Gasteiger partial charge on any atom is -0.399 e. The highest BCUT2D eigenvalue weighted by molar-refractivity contribution is 6.00. The van der Waals surface area contributed by atoms with Crippen molar-refractivity contribution in [2.24, 2.45) is 5.73 Å². The van der Waals surface area contributed by atoms with E-state index < -0.39 is 5.91 Å². The van der Waals surface area contributed by atoms with Gasteiger partial charge in [-0.3, -0.25) is 9.59 Å². The number of nitrogens with zero attached hydrogens (tertiary/aromatic N) is 1. The fourth-order valence-corrected chi connectivity index (χ4v) is 2.41. The number of benzene rings is 1. The molecule has 0 radical (unpaired) electrons. The summed E-state index contributed by atoms with van der Waals surface area (Å²) in [7, 11) is 0. The maximum Gasteiger partial charge on any atom is 0.250 e. The molecule has 2 amide bonds. The van der Waals surface area contributed by atoms with Gasteiger partial charge in [0.1, 0.15) is 6.04 Å². The minimum absolute atomic E-state index is 0.0269. The first-order valence-electron chi connectivity index (χ1n) is 6.28. The molecule has 0 spiro atoms. The van der Waals surface area contributed by atoms with Gasteiger partial charge in [-0.2, -0.15) is 0 Å². The van der Waals surface area contributed by atoms with E-state index in [4.69, 9.17) is 11.5 Å². The lowest BCUT2D eigenvalue weighted by Crippen LogP contribution is -2.55. The lowest BCUT2D eigenvalue weighted by Gasteiger charge is -2.37. The van der Waals surface area contributed by atoms with Crippen LogP contribution in [0.4, 0.5) is 11.4 Å². The monoisotopic (exact) mass is 262 g/mol. The standard InChI is InChI=1S/C13H18N4O2/c1-2-10-13(19)16-5-6-17(10)11-4-3-8(14)7-9(11)12(15)18/h3-4,7,10H,2,5-6,14H2,1H3,(H2,15,18)(H,16,19). The molecule has 1 saturated heterocycles. The molecule has 1 aromatic rings. The van der Waals surface area contributed by atoms with Crippen molar-refractivity contribution in [3.05, 3.63) is 23.8 Å². The molecular weight excluding hydrogens is 244 g/mol. The normalized spacial score (nSPS) is 19.1. The van der Waals surface area contributed by atoms with Crippen molar-refractivity contribution >= 4 is 23.2 Å². The Labute approximate surface area is 111 Å². The first-order valence-corrected chi connectivity index (χ1v) is 6.28. The minimum atomic E-state index is -0.539. The van der Waals surface area contributed by atoms with Crippen molar-refractivity contribution in [2.75, 3.05) is 23.7 Å². The fraction of sp³-hybridized carbons (Fsp3) is 0.385. The molecule has 6 nitrogen and oxygen atoms in total. The van der Waals surface area contributed by atoms with Crippen molar-refractivity contribution in [3.63, 3.8) is 0 Å². The Bertz CT molecular complexity index is 515. The van der Waals surface area contributed by atoms with Crippen LogP contribution in [-0.2, 0) is 4.79 Å². The number of primary amides is 1. The van der Waals surface area contributed by atoms with Crippen LogP contribution >= 0.6 is 0 Å². The highest BCUT2D eigenvalue weighted by Crippen LogP contribution is 2.26. The number of nitrogen functional groups attached to an aromatic ring is 1. The van der Waals surface area contributed by atoms with Gasteiger partial charge in [0.2, 0.25) is 5.91 Å². The smallest absolute Gasteiger partial charge is 0.250 e. The Morgan fingerprint density at radius 2 is 2.26 bits per heavy atom. The highest BCUT2D eigenvalue weighted by Gasteiger charge is 2.30. The van der Waals surface area contributed by atoms with Crippen LogP contribution in [0.3, 0.4) is 0 Å². The summed E-state index contributed by atoms with van der Waals surface area (Å²) < 4.78 is 0. The van der Waals surface area contributed by atoms with E-state index in [-0.39, 0.29) is 11.9 Å². The second-order valence-corrected chi connectivity index (χ2v) is 4.55. The molecule has 0 aliphatic carbocycles. The van der Waals surface area contributed by atoms with Crippen molar-refractivity contribution in [2.45, 2.75) is 19.4 Å². The third-order valence-electron chi connectivity index (χ3n) is 3.31. The van der Waals surface area contributed by atoms with E-state index in [1.165, 1.54) is 0 Å². The van der Waals surface area contributed by atoms with E-state index in [0.29, 0.717) is 36.4 Å². The van der Waals surface area contributed by atoms with Gasteiger partial charge in [0.15, 0.2) is 0 Å². The summed E-state index contributed by atoms with van der Waals surface area (Å²) in [5, 5.41) is 2.82. The summed E-state index contributed by atoms with van der Waals surface area (Å²) in [4.78, 5) is 25.3. The zero-order valence-electron chi connectivity index (χ0n) is 10.8. The molecule has 1 unspecified atom stereocenters. The summed E-state index contributed by atoms with van der Waals surface area (Å²) in [5.41, 5.74) is 12.6. The Kier molecular flexibility index (Phi) is 3.59. The second kappa shape index (κ2) is 5.17. The molecule has 2 rings (SSSR count). The van der Waals surface area contributed by atoms with Crippen LogP contribution in [0.15, 0.2) is 18.2 Å². The molecule has 1 aliphatic heterocycles. The fourth-order valence-electron chi connectivity index (χ4n) is 2.41. The summed E-state index contributed by atoms with van der Waals surface area (Å²) in [5.74, 6) is -0.566. The van der Waals surface area contributed by atoms with Gasteiger partial charge in [-0.25, -0.2) is 0 Å². The number of piperazine rings is 1. The summed E-state index contributed by atoms with van der Waals surface area (Å²) >= 11 is 0. The Hall–Kier alpha value is -2.24. The van der Waals surface area contributed by atoms with E-state index in [0.717, 1.165) is 0 Å². The van der Waals surface area contributed by atoms with Crippen LogP contribution < -0.4 is 21.7 Å². The van der Waals surface area contributed by atoms with Crippen LogP contribution in [0.25, 0.3) is 0 Å². The molecule has 1 aliphatic rings. The summed E-state index contributed by atoms with van der Waals surface area (Å²) in [6.07, 6.45) is 0.661. The lowest BCUT2D eigenvalue weighted by molar-refractivity contribution is -0.123. The summed E-state index contributed by atoms with van der Waals surface area (Å²) in [6, 6.07) is 4.73. The predicted molar refractivity (Wildman–Crippen MR) is 73.8 cm³/mol. The Morgan fingerprint density at radius 3 is 2.89 bits per heavy atom. The van der Waals surface area contributed by atoms with Crippen LogP contribution in [0.1, 0.15) is 23.7 Å². The number of anilines is 2. The number of nitrogens with two attached hydrogens (primary N) is 2. The molecule has 0 aromatic heterocycles. The number of carbonyl (C=O) groups is 2. The SMILES string of the molecule is CCC1C(=O)NCCN1c1ccc(N)cc1C(N)=O. The maximum atomic E-state index is 11.9. The molecule has 1 heterocycles. The van der Waals surface area contributed by atoms with E-state index in [1.807, 2.05) is 11.8 Å². The van der Waals surface area contributed by atoms with Crippen molar-refractivity contribution in [1.29, 1.82) is 0 Å². The van der Waals surface area contributed by atoms with Crippen LogP contribution in [-0.4, -0.2) is 30.9 Å². The van der Waals surface area contributed by atoms with Gasteiger partial charge >= 0.3 is 0 Å². The van der Waals surface area contributed by atoms with Gasteiger partial charge in [0.25, 0.3) is 5.91 Å². The van der Waals surface area contributed by atoms with Crippen molar-refractivity contribution < 1.29 is 9.59 Å². The first-order chi connectivity index (χ1) is 9.04. The van der Waals surface area contributed by atoms with Crippen LogP contribution in [0, 0.1) is 0 Å². The largest absolute Gasteiger partial charge is 0.399 e. The van der Waals surface area contributed by atoms with E-state index in [2.05, 4.69) is 5.32 Å². The van der Waals surface area contributed by atoms with Gasteiger partial charge in [-0.1, -0.05) is 6.92 Å². The van der Waals surface area contributed by atoms with Gasteiger partial charge in [-0.05, 0) is 24.6 Å². The number of carbonyl (C=O) groups excluding carboxylic acids is 2. The Morgan fingerprint density at radius 1 is 1.53 bits per heavy atom. The number of amides is 2. The van der Waals surface area contributed by atoms with Gasteiger partial charge in [-0.15, -0.1) is 0 Å². The molecule has 5 N–H and O–H groups in total. The highest BCUT2D eigenvalue weighted by atomic mass is 16.2. The molecule has 6 heteroatoms. The van der Waals surface area contributed by atoms with Gasteiger partial charge < -0.3 is 21.7 Å². The molecule has 0 bridgehead atoms. The average Bonchev–Trinajstić information content (AvgIpc) is 2.38. The molecule has 19 heavy (non-hydrogen) atoms. The van der Waals surface area contributed by atoms with Gasteiger partial charge in [0.05, 0.1) is 11.3 Å². The molecule has 0 saturated carbocycles. The van der Waals surface area contributed by atoms with Crippen LogP contribution in [0.2, 0.25) is 0 Å². The lowest BCUT2D eigenvalue weighted by atomic mass is 10.0. The predicted octanol–water partition coefficient (Wildman–Crippen LogP) is 0.0825. The zero-order chi connectivity index (χ0) is 14.0. The van der Waals surface area contributed by atoms with Crippen LogP contribution in [0.5, 0.6) is 0 Å². The first kappa shape index (κ1) is 13.2. The van der Waals surface area contributed by atoms with E-state index in [1.54, 1.807) is 18.2 Å². The van der Waals surface area contributed by atoms with Crippen molar-refractivity contribution in [1.82, 2.24) is 5.32 Å². The number of nitrogens with one attached hydrogen (secondary N) is 1. The molecule has 1 fully saturated rings. The number of hydrogen-bond acceptors (Lipinski definition) is 4. The topological polar surface area (TPSA) is 101 Å².